The van der Waals surface area contributed by atoms with Gasteiger partial charge in [0, 0.05) is 17.5 Å². The molecule has 5 aromatic rings. The summed E-state index contributed by atoms with van der Waals surface area (Å²) in [5, 5.41) is 2.74. The van der Waals surface area contributed by atoms with E-state index in [1.54, 1.807) is 25.6 Å². The van der Waals surface area contributed by atoms with E-state index < -0.39 is 0 Å². The van der Waals surface area contributed by atoms with Crippen molar-refractivity contribution in [2.45, 2.75) is 6.54 Å². The molecule has 2 aromatic carbocycles. The molecule has 168 valence electrons. The minimum atomic E-state index is -0.354. The van der Waals surface area contributed by atoms with Crippen molar-refractivity contribution >= 4 is 49.7 Å². The molecule has 0 saturated carbocycles. The molecule has 0 aliphatic rings. The number of carbonyl (C=O) groups is 1. The number of thiophene rings is 1. The van der Waals surface area contributed by atoms with E-state index in [1.165, 1.54) is 11.3 Å². The van der Waals surface area contributed by atoms with Crippen LogP contribution >= 0.6 is 22.7 Å². The van der Waals surface area contributed by atoms with E-state index in [4.69, 9.17) is 20.9 Å². The minimum absolute atomic E-state index is 0.263. The Morgan fingerprint density at radius 2 is 1.91 bits per heavy atom. The number of nitrogens with zero attached hydrogens (tertiary/aromatic N) is 3. The number of hydrogen-bond donors (Lipinski definition) is 0. The Morgan fingerprint density at radius 1 is 1.12 bits per heavy atom. The standard InChI is InChI=1S/C26H19N3O3S2/c1-4-11-29-20-14-21(31-2)22(32-3)15-24(20)34-26(29)28-25(30)17-13-19(23-10-7-12-33-23)27-18-9-6-5-8-16(17)18/h1,5-10,12-15H,11H2,2-3H3. The van der Waals surface area contributed by atoms with Gasteiger partial charge in [-0.2, -0.15) is 4.99 Å². The molecule has 0 aliphatic heterocycles. The summed E-state index contributed by atoms with van der Waals surface area (Å²) in [6, 6.07) is 17.1. The van der Waals surface area contributed by atoms with Crippen LogP contribution in [0.2, 0.25) is 0 Å². The van der Waals surface area contributed by atoms with E-state index in [0.717, 1.165) is 31.7 Å². The Labute approximate surface area is 203 Å². The SMILES string of the molecule is C#CCn1c(=NC(=O)c2cc(-c3cccs3)nc3ccccc23)sc2cc(OC)c(OC)cc21. The van der Waals surface area contributed by atoms with Crippen molar-refractivity contribution in [1.82, 2.24) is 9.55 Å². The second kappa shape index (κ2) is 9.14. The molecule has 1 amide bonds. The van der Waals surface area contributed by atoms with Gasteiger partial charge in [-0.1, -0.05) is 41.5 Å². The first-order valence-corrected chi connectivity index (χ1v) is 12.0. The van der Waals surface area contributed by atoms with Crippen LogP contribution in [0.25, 0.3) is 31.7 Å². The first-order valence-electron chi connectivity index (χ1n) is 10.3. The van der Waals surface area contributed by atoms with Gasteiger partial charge < -0.3 is 14.0 Å². The molecule has 0 atom stereocenters. The van der Waals surface area contributed by atoms with E-state index in [1.807, 2.05) is 64.5 Å². The van der Waals surface area contributed by atoms with Crippen molar-refractivity contribution in [3.05, 3.63) is 70.3 Å². The van der Waals surface area contributed by atoms with Crippen LogP contribution in [0.3, 0.4) is 0 Å². The Kier molecular flexibility index (Phi) is 5.88. The highest BCUT2D eigenvalue weighted by molar-refractivity contribution is 7.16. The van der Waals surface area contributed by atoms with Gasteiger partial charge in [0.15, 0.2) is 16.3 Å². The van der Waals surface area contributed by atoms with Gasteiger partial charge in [-0.25, -0.2) is 4.98 Å². The summed E-state index contributed by atoms with van der Waals surface area (Å²) in [5.74, 6) is 3.48. The fraction of sp³-hybridized carbons (Fsp3) is 0.115. The zero-order valence-corrected chi connectivity index (χ0v) is 20.1. The summed E-state index contributed by atoms with van der Waals surface area (Å²) in [7, 11) is 3.16. The predicted octanol–water partition coefficient (Wildman–Crippen LogP) is 5.37. The molecule has 8 heteroatoms. The summed E-state index contributed by atoms with van der Waals surface area (Å²) in [4.78, 5) is 24.3. The van der Waals surface area contributed by atoms with Crippen LogP contribution in [0.5, 0.6) is 11.5 Å². The van der Waals surface area contributed by atoms with Crippen molar-refractivity contribution < 1.29 is 14.3 Å². The van der Waals surface area contributed by atoms with Gasteiger partial charge >= 0.3 is 0 Å². The molecule has 6 nitrogen and oxygen atoms in total. The maximum Gasteiger partial charge on any atom is 0.280 e. The minimum Gasteiger partial charge on any atom is -0.493 e. The molecule has 0 spiro atoms. The lowest BCUT2D eigenvalue weighted by Gasteiger charge is -2.08. The summed E-state index contributed by atoms with van der Waals surface area (Å²) in [6.07, 6.45) is 5.64. The second-order valence-corrected chi connectivity index (χ2v) is 9.27. The number of thiazole rings is 1. The molecule has 0 bridgehead atoms. The highest BCUT2D eigenvalue weighted by atomic mass is 32.1. The first kappa shape index (κ1) is 21.9. The third-order valence-electron chi connectivity index (χ3n) is 5.35. The number of hydrogen-bond acceptors (Lipinski definition) is 6. The smallest absolute Gasteiger partial charge is 0.280 e. The van der Waals surface area contributed by atoms with Crippen molar-refractivity contribution in [2.75, 3.05) is 14.2 Å². The lowest BCUT2D eigenvalue weighted by Crippen LogP contribution is -2.16. The number of carbonyl (C=O) groups excluding carboxylic acids is 1. The quantitative estimate of drug-likeness (QED) is 0.314. The highest BCUT2D eigenvalue weighted by Crippen LogP contribution is 2.33. The number of benzene rings is 2. The normalized spacial score (nSPS) is 11.6. The Morgan fingerprint density at radius 3 is 2.65 bits per heavy atom. The van der Waals surface area contributed by atoms with E-state index in [9.17, 15) is 4.79 Å². The molecule has 0 radical (unpaired) electrons. The van der Waals surface area contributed by atoms with Crippen molar-refractivity contribution in [3.63, 3.8) is 0 Å². The number of aromatic nitrogens is 2. The Bertz CT molecular complexity index is 1640. The number of ether oxygens (including phenoxy) is 2. The van der Waals surface area contributed by atoms with Crippen LogP contribution in [0.4, 0.5) is 0 Å². The Balaban J connectivity index is 1.71. The van der Waals surface area contributed by atoms with E-state index in [0.29, 0.717) is 21.9 Å². The maximum atomic E-state index is 13.5. The average Bonchev–Trinajstić information content (AvgIpc) is 3.51. The lowest BCUT2D eigenvalue weighted by atomic mass is 10.1. The zero-order valence-electron chi connectivity index (χ0n) is 18.4. The third-order valence-corrected chi connectivity index (χ3v) is 7.29. The topological polar surface area (TPSA) is 65.7 Å². The number of amides is 1. The van der Waals surface area contributed by atoms with Crippen LogP contribution in [-0.4, -0.2) is 29.7 Å². The summed E-state index contributed by atoms with van der Waals surface area (Å²) >= 11 is 2.95. The van der Waals surface area contributed by atoms with Gasteiger partial charge in [0.1, 0.15) is 0 Å². The molecular formula is C26H19N3O3S2. The fourth-order valence-electron chi connectivity index (χ4n) is 3.78. The summed E-state index contributed by atoms with van der Waals surface area (Å²) in [6.45, 7) is 0.263. The summed E-state index contributed by atoms with van der Waals surface area (Å²) < 4.78 is 13.6. The van der Waals surface area contributed by atoms with Gasteiger partial charge in [-0.15, -0.1) is 17.8 Å². The van der Waals surface area contributed by atoms with Crippen LogP contribution < -0.4 is 14.3 Å². The van der Waals surface area contributed by atoms with Gasteiger partial charge in [0.2, 0.25) is 0 Å². The molecule has 0 fully saturated rings. The maximum absolute atomic E-state index is 13.5. The van der Waals surface area contributed by atoms with Crippen molar-refractivity contribution in [3.8, 4) is 34.4 Å². The van der Waals surface area contributed by atoms with Crippen molar-refractivity contribution in [2.24, 2.45) is 4.99 Å². The molecule has 0 saturated heterocycles. The molecular weight excluding hydrogens is 466 g/mol. The number of methoxy groups -OCH3 is 2. The molecule has 0 unspecified atom stereocenters. The fourth-order valence-corrected chi connectivity index (χ4v) is 5.50. The molecule has 5 rings (SSSR count). The van der Waals surface area contributed by atoms with Gasteiger partial charge in [-0.3, -0.25) is 4.79 Å². The summed E-state index contributed by atoms with van der Waals surface area (Å²) in [5.41, 5.74) is 2.81. The van der Waals surface area contributed by atoms with Gasteiger partial charge in [0.05, 0.1) is 52.6 Å². The molecule has 3 heterocycles. The number of pyridine rings is 1. The monoisotopic (exact) mass is 485 g/mol. The lowest BCUT2D eigenvalue weighted by molar-refractivity contribution is 0.0999. The van der Waals surface area contributed by atoms with Crippen LogP contribution in [0.1, 0.15) is 10.4 Å². The van der Waals surface area contributed by atoms with Crippen LogP contribution in [0, 0.1) is 12.3 Å². The molecule has 0 aliphatic carbocycles. The first-order chi connectivity index (χ1) is 16.6. The molecule has 3 aromatic heterocycles. The average molecular weight is 486 g/mol. The van der Waals surface area contributed by atoms with Gasteiger partial charge in [-0.05, 0) is 23.6 Å². The second-order valence-electron chi connectivity index (χ2n) is 7.32. The molecule has 0 N–H and O–H groups in total. The number of terminal acetylenes is 1. The zero-order chi connectivity index (χ0) is 23.7. The number of fused-ring (bicyclic) bond motifs is 2. The number of para-hydroxylation sites is 1. The largest absolute Gasteiger partial charge is 0.493 e. The van der Waals surface area contributed by atoms with E-state index in [2.05, 4.69) is 10.9 Å². The highest BCUT2D eigenvalue weighted by Gasteiger charge is 2.16. The van der Waals surface area contributed by atoms with Crippen LogP contribution in [-0.2, 0) is 6.54 Å². The van der Waals surface area contributed by atoms with Crippen molar-refractivity contribution in [1.29, 1.82) is 0 Å². The van der Waals surface area contributed by atoms with Crippen LogP contribution in [0.15, 0.2) is 65.0 Å². The predicted molar refractivity (Wildman–Crippen MR) is 137 cm³/mol. The van der Waals surface area contributed by atoms with Gasteiger partial charge in [0.25, 0.3) is 5.91 Å². The number of rotatable bonds is 5. The third kappa shape index (κ3) is 3.85. The Hall–Kier alpha value is -3.93. The van der Waals surface area contributed by atoms with E-state index >= 15 is 0 Å². The molecule has 34 heavy (non-hydrogen) atoms. The van der Waals surface area contributed by atoms with E-state index in [-0.39, 0.29) is 12.5 Å².